The third kappa shape index (κ3) is 2.05. The minimum Gasteiger partial charge on any atom is -0.481 e. The molecule has 0 unspecified atom stereocenters. The standard InChI is InChI=1S/C16H12O4/c1-9-2-4-13-11(6-9)16(19)12-7-10(8-15(17)18)3-5-14(12)20-13/h2-7H,8H2,1H3,(H,17,18). The second-order valence-electron chi connectivity index (χ2n) is 4.83. The molecule has 2 aromatic carbocycles. The quantitative estimate of drug-likeness (QED) is 0.726. The van der Waals surface area contributed by atoms with Crippen molar-refractivity contribution in [2.75, 3.05) is 0 Å². The van der Waals surface area contributed by atoms with Crippen molar-refractivity contribution in [3.8, 4) is 0 Å². The topological polar surface area (TPSA) is 67.5 Å². The van der Waals surface area contributed by atoms with Crippen LogP contribution in [0.3, 0.4) is 0 Å². The number of carbonyl (C=O) groups is 1. The van der Waals surface area contributed by atoms with Gasteiger partial charge in [0.25, 0.3) is 0 Å². The molecule has 3 aromatic rings. The Balaban J connectivity index is 2.33. The van der Waals surface area contributed by atoms with Gasteiger partial charge in [-0.1, -0.05) is 17.7 Å². The fourth-order valence-electron chi connectivity index (χ4n) is 2.30. The van der Waals surface area contributed by atoms with Crippen LogP contribution in [0.25, 0.3) is 21.9 Å². The van der Waals surface area contributed by atoms with Crippen molar-refractivity contribution >= 4 is 27.9 Å². The molecule has 0 spiro atoms. The van der Waals surface area contributed by atoms with Gasteiger partial charge in [0.2, 0.25) is 5.43 Å². The third-order valence-electron chi connectivity index (χ3n) is 3.24. The molecule has 4 heteroatoms. The van der Waals surface area contributed by atoms with E-state index in [2.05, 4.69) is 0 Å². The van der Waals surface area contributed by atoms with Crippen molar-refractivity contribution in [1.82, 2.24) is 0 Å². The fraction of sp³-hybridized carbons (Fsp3) is 0.125. The van der Waals surface area contributed by atoms with E-state index >= 15 is 0 Å². The van der Waals surface area contributed by atoms with Crippen LogP contribution in [0.1, 0.15) is 11.1 Å². The number of aliphatic carboxylic acids is 1. The van der Waals surface area contributed by atoms with Crippen LogP contribution >= 0.6 is 0 Å². The van der Waals surface area contributed by atoms with Crippen LogP contribution in [0, 0.1) is 6.92 Å². The summed E-state index contributed by atoms with van der Waals surface area (Å²) in [6.45, 7) is 1.91. The first-order chi connectivity index (χ1) is 9.54. The molecule has 0 aliphatic rings. The van der Waals surface area contributed by atoms with E-state index < -0.39 is 5.97 Å². The minimum absolute atomic E-state index is 0.110. The molecule has 1 aromatic heterocycles. The Morgan fingerprint density at radius 3 is 2.45 bits per heavy atom. The normalized spacial score (nSPS) is 11.1. The van der Waals surface area contributed by atoms with Crippen LogP contribution < -0.4 is 5.43 Å². The molecule has 0 atom stereocenters. The van der Waals surface area contributed by atoms with Gasteiger partial charge >= 0.3 is 5.97 Å². The number of carboxylic acid groups (broad SMARTS) is 1. The van der Waals surface area contributed by atoms with Crippen molar-refractivity contribution in [3.05, 3.63) is 57.7 Å². The molecule has 0 saturated heterocycles. The number of hydrogen-bond acceptors (Lipinski definition) is 3. The van der Waals surface area contributed by atoms with Gasteiger partial charge in [-0.25, -0.2) is 0 Å². The van der Waals surface area contributed by atoms with E-state index in [4.69, 9.17) is 9.52 Å². The smallest absolute Gasteiger partial charge is 0.307 e. The highest BCUT2D eigenvalue weighted by molar-refractivity contribution is 5.90. The van der Waals surface area contributed by atoms with Crippen molar-refractivity contribution in [2.24, 2.45) is 0 Å². The summed E-state index contributed by atoms with van der Waals surface area (Å²) >= 11 is 0. The zero-order chi connectivity index (χ0) is 14.3. The number of carboxylic acids is 1. The average molecular weight is 268 g/mol. The maximum Gasteiger partial charge on any atom is 0.307 e. The van der Waals surface area contributed by atoms with Crippen LogP contribution in [0.4, 0.5) is 0 Å². The molecule has 0 saturated carbocycles. The number of hydrogen-bond donors (Lipinski definition) is 1. The monoisotopic (exact) mass is 268 g/mol. The first-order valence-electron chi connectivity index (χ1n) is 6.22. The molecule has 20 heavy (non-hydrogen) atoms. The van der Waals surface area contributed by atoms with E-state index in [1.165, 1.54) is 0 Å². The van der Waals surface area contributed by atoms with Gasteiger partial charge in [0.15, 0.2) is 0 Å². The summed E-state index contributed by atoms with van der Waals surface area (Å²) in [6, 6.07) is 10.3. The molecule has 4 nitrogen and oxygen atoms in total. The lowest BCUT2D eigenvalue weighted by Gasteiger charge is -2.04. The van der Waals surface area contributed by atoms with Gasteiger partial charge < -0.3 is 9.52 Å². The summed E-state index contributed by atoms with van der Waals surface area (Å²) in [5.74, 6) is -0.926. The van der Waals surface area contributed by atoms with Gasteiger partial charge in [-0.2, -0.15) is 0 Å². The Morgan fingerprint density at radius 1 is 1.10 bits per heavy atom. The molecular weight excluding hydrogens is 256 g/mol. The van der Waals surface area contributed by atoms with Gasteiger partial charge in [-0.05, 0) is 36.8 Å². The van der Waals surface area contributed by atoms with Crippen LogP contribution in [-0.2, 0) is 11.2 Å². The number of aryl methyl sites for hydroxylation is 1. The summed E-state index contributed by atoms with van der Waals surface area (Å²) in [5.41, 5.74) is 2.45. The first-order valence-corrected chi connectivity index (χ1v) is 6.22. The van der Waals surface area contributed by atoms with E-state index in [0.29, 0.717) is 27.5 Å². The highest BCUT2D eigenvalue weighted by Gasteiger charge is 2.09. The Hall–Kier alpha value is -2.62. The summed E-state index contributed by atoms with van der Waals surface area (Å²) < 4.78 is 5.69. The van der Waals surface area contributed by atoms with Crippen molar-refractivity contribution < 1.29 is 14.3 Å². The van der Waals surface area contributed by atoms with E-state index in [1.807, 2.05) is 13.0 Å². The van der Waals surface area contributed by atoms with Crippen LogP contribution in [0.15, 0.2) is 45.6 Å². The lowest BCUT2D eigenvalue weighted by molar-refractivity contribution is -0.136. The zero-order valence-electron chi connectivity index (χ0n) is 10.8. The highest BCUT2D eigenvalue weighted by Crippen LogP contribution is 2.20. The van der Waals surface area contributed by atoms with E-state index in [9.17, 15) is 9.59 Å². The van der Waals surface area contributed by atoms with E-state index in [0.717, 1.165) is 5.56 Å². The Bertz CT molecular complexity index is 890. The zero-order valence-corrected chi connectivity index (χ0v) is 10.8. The Kier molecular flexibility index (Phi) is 2.79. The third-order valence-corrected chi connectivity index (χ3v) is 3.24. The van der Waals surface area contributed by atoms with Gasteiger partial charge in [0.1, 0.15) is 11.2 Å². The molecular formula is C16H12O4. The Morgan fingerprint density at radius 2 is 1.75 bits per heavy atom. The van der Waals surface area contributed by atoms with Gasteiger partial charge in [-0.15, -0.1) is 0 Å². The predicted octanol–water partition coefficient (Wildman–Crippen LogP) is 2.88. The molecule has 0 amide bonds. The number of benzene rings is 2. The maximum absolute atomic E-state index is 12.5. The van der Waals surface area contributed by atoms with E-state index in [1.54, 1.807) is 30.3 Å². The number of rotatable bonds is 2. The number of fused-ring (bicyclic) bond motifs is 2. The molecule has 0 aliphatic heterocycles. The van der Waals surface area contributed by atoms with E-state index in [-0.39, 0.29) is 11.8 Å². The van der Waals surface area contributed by atoms with Crippen LogP contribution in [0.5, 0.6) is 0 Å². The molecule has 1 heterocycles. The summed E-state index contributed by atoms with van der Waals surface area (Å²) in [6.07, 6.45) is -0.110. The summed E-state index contributed by atoms with van der Waals surface area (Å²) in [7, 11) is 0. The SMILES string of the molecule is Cc1ccc2oc3ccc(CC(=O)O)cc3c(=O)c2c1. The van der Waals surface area contributed by atoms with Crippen LogP contribution in [0.2, 0.25) is 0 Å². The maximum atomic E-state index is 12.5. The van der Waals surface area contributed by atoms with Crippen molar-refractivity contribution in [2.45, 2.75) is 13.3 Å². The molecule has 3 rings (SSSR count). The van der Waals surface area contributed by atoms with Crippen LogP contribution in [-0.4, -0.2) is 11.1 Å². The molecule has 0 radical (unpaired) electrons. The largest absolute Gasteiger partial charge is 0.481 e. The van der Waals surface area contributed by atoms with Gasteiger partial charge in [0, 0.05) is 0 Å². The highest BCUT2D eigenvalue weighted by atomic mass is 16.4. The van der Waals surface area contributed by atoms with Gasteiger partial charge in [-0.3, -0.25) is 9.59 Å². The Labute approximate surface area is 114 Å². The lowest BCUT2D eigenvalue weighted by Crippen LogP contribution is -2.05. The second kappa shape index (κ2) is 4.49. The lowest BCUT2D eigenvalue weighted by atomic mass is 10.1. The average Bonchev–Trinajstić information content (AvgIpc) is 2.40. The first kappa shape index (κ1) is 12.4. The second-order valence-corrected chi connectivity index (χ2v) is 4.83. The van der Waals surface area contributed by atoms with Gasteiger partial charge in [0.05, 0.1) is 17.2 Å². The molecule has 100 valence electrons. The molecule has 0 aliphatic carbocycles. The molecule has 0 fully saturated rings. The summed E-state index contributed by atoms with van der Waals surface area (Å²) in [4.78, 5) is 23.2. The predicted molar refractivity (Wildman–Crippen MR) is 76.1 cm³/mol. The minimum atomic E-state index is -0.926. The van der Waals surface area contributed by atoms with Crippen molar-refractivity contribution in [1.29, 1.82) is 0 Å². The fourth-order valence-corrected chi connectivity index (χ4v) is 2.30. The van der Waals surface area contributed by atoms with Crippen molar-refractivity contribution in [3.63, 3.8) is 0 Å². The molecule has 1 N–H and O–H groups in total. The summed E-state index contributed by atoms with van der Waals surface area (Å²) in [5, 5.41) is 9.75. The molecule has 0 bridgehead atoms.